The maximum atomic E-state index is 12.3. The van der Waals surface area contributed by atoms with E-state index in [4.69, 9.17) is 0 Å². The summed E-state index contributed by atoms with van der Waals surface area (Å²) in [5.41, 5.74) is 1.28. The van der Waals surface area contributed by atoms with Gasteiger partial charge in [0.15, 0.2) is 5.69 Å². The lowest BCUT2D eigenvalue weighted by Gasteiger charge is -2.15. The molecule has 2 rings (SSSR count). The van der Waals surface area contributed by atoms with Crippen LogP contribution in [0.2, 0.25) is 0 Å². The zero-order valence-corrected chi connectivity index (χ0v) is 12.7. The van der Waals surface area contributed by atoms with Crippen LogP contribution >= 0.6 is 0 Å². The highest BCUT2D eigenvalue weighted by atomic mass is 16.5. The number of methoxy groups -OCH3 is 1. The molecule has 22 heavy (non-hydrogen) atoms. The molecule has 116 valence electrons. The molecule has 1 heterocycles. The number of ether oxygens (including phenoxy) is 1. The molecule has 1 aromatic carbocycles. The lowest BCUT2D eigenvalue weighted by atomic mass is 10.3. The molecule has 0 spiro atoms. The lowest BCUT2D eigenvalue weighted by Crippen LogP contribution is -2.28. The predicted molar refractivity (Wildman–Crippen MR) is 81.8 cm³/mol. The van der Waals surface area contributed by atoms with Gasteiger partial charge < -0.3 is 9.64 Å². The van der Waals surface area contributed by atoms with Gasteiger partial charge in [0.05, 0.1) is 12.8 Å². The summed E-state index contributed by atoms with van der Waals surface area (Å²) in [5.74, 6) is -0.436. The Morgan fingerprint density at radius 2 is 1.95 bits per heavy atom. The average Bonchev–Trinajstić information content (AvgIpc) is 3.04. The SMILES string of the molecule is COC(=O)CCCN(C)C(=O)c1ccn(-c2ccccc2)n1. The van der Waals surface area contributed by atoms with Crippen LogP contribution in [-0.2, 0) is 9.53 Å². The minimum atomic E-state index is -0.269. The average molecular weight is 301 g/mol. The van der Waals surface area contributed by atoms with Crippen LogP contribution in [0.3, 0.4) is 0 Å². The fourth-order valence-corrected chi connectivity index (χ4v) is 2.02. The monoisotopic (exact) mass is 301 g/mol. The summed E-state index contributed by atoms with van der Waals surface area (Å²) in [6.07, 6.45) is 2.62. The van der Waals surface area contributed by atoms with E-state index in [1.807, 2.05) is 30.3 Å². The molecule has 1 amide bonds. The molecule has 0 saturated heterocycles. The molecule has 6 heteroatoms. The molecule has 0 N–H and O–H groups in total. The molecule has 0 aliphatic carbocycles. The Balaban J connectivity index is 1.95. The number of para-hydroxylation sites is 1. The lowest BCUT2D eigenvalue weighted by molar-refractivity contribution is -0.140. The zero-order chi connectivity index (χ0) is 15.9. The first-order chi connectivity index (χ1) is 10.6. The predicted octanol–water partition coefficient (Wildman–Crippen LogP) is 1.90. The highest BCUT2D eigenvalue weighted by Gasteiger charge is 2.15. The van der Waals surface area contributed by atoms with Gasteiger partial charge in [-0.3, -0.25) is 9.59 Å². The van der Waals surface area contributed by atoms with Crippen molar-refractivity contribution in [1.29, 1.82) is 0 Å². The van der Waals surface area contributed by atoms with E-state index >= 15 is 0 Å². The molecule has 0 saturated carbocycles. The highest BCUT2D eigenvalue weighted by Crippen LogP contribution is 2.08. The van der Waals surface area contributed by atoms with Crippen molar-refractivity contribution in [2.45, 2.75) is 12.8 Å². The van der Waals surface area contributed by atoms with Gasteiger partial charge in [0.25, 0.3) is 5.91 Å². The summed E-state index contributed by atoms with van der Waals surface area (Å²) < 4.78 is 6.23. The summed E-state index contributed by atoms with van der Waals surface area (Å²) >= 11 is 0. The van der Waals surface area contributed by atoms with E-state index < -0.39 is 0 Å². The molecule has 2 aromatic rings. The van der Waals surface area contributed by atoms with E-state index in [1.165, 1.54) is 7.11 Å². The molecular weight excluding hydrogens is 282 g/mol. The minimum absolute atomic E-state index is 0.167. The van der Waals surface area contributed by atoms with Crippen LogP contribution in [-0.4, -0.2) is 47.3 Å². The van der Waals surface area contributed by atoms with Gasteiger partial charge in [-0.1, -0.05) is 18.2 Å². The van der Waals surface area contributed by atoms with E-state index in [9.17, 15) is 9.59 Å². The van der Waals surface area contributed by atoms with E-state index in [1.54, 1.807) is 28.9 Å². The minimum Gasteiger partial charge on any atom is -0.469 e. The van der Waals surface area contributed by atoms with Gasteiger partial charge in [-0.2, -0.15) is 5.10 Å². The first-order valence-corrected chi connectivity index (χ1v) is 7.05. The molecule has 0 aliphatic heterocycles. The van der Waals surface area contributed by atoms with Crippen LogP contribution in [0.25, 0.3) is 5.69 Å². The van der Waals surface area contributed by atoms with Crippen molar-refractivity contribution in [2.24, 2.45) is 0 Å². The van der Waals surface area contributed by atoms with Crippen LogP contribution in [0.4, 0.5) is 0 Å². The number of aromatic nitrogens is 2. The first-order valence-electron chi connectivity index (χ1n) is 7.05. The van der Waals surface area contributed by atoms with Gasteiger partial charge in [-0.15, -0.1) is 0 Å². The molecule has 0 atom stereocenters. The number of carbonyl (C=O) groups excluding carboxylic acids is 2. The maximum Gasteiger partial charge on any atom is 0.305 e. The van der Waals surface area contributed by atoms with E-state index in [0.29, 0.717) is 25.1 Å². The topological polar surface area (TPSA) is 64.4 Å². The molecule has 0 bridgehead atoms. The second-order valence-electron chi connectivity index (χ2n) is 4.89. The van der Waals surface area contributed by atoms with Gasteiger partial charge in [0.1, 0.15) is 0 Å². The van der Waals surface area contributed by atoms with E-state index in [2.05, 4.69) is 9.84 Å². The van der Waals surface area contributed by atoms with Crippen LogP contribution in [0.15, 0.2) is 42.6 Å². The van der Waals surface area contributed by atoms with Gasteiger partial charge in [0, 0.05) is 26.2 Å². The maximum absolute atomic E-state index is 12.3. The van der Waals surface area contributed by atoms with Crippen molar-refractivity contribution >= 4 is 11.9 Å². The smallest absolute Gasteiger partial charge is 0.305 e. The number of nitrogens with zero attached hydrogens (tertiary/aromatic N) is 3. The normalized spacial score (nSPS) is 10.3. The van der Waals surface area contributed by atoms with E-state index in [-0.39, 0.29) is 11.9 Å². The van der Waals surface area contributed by atoms with Gasteiger partial charge in [-0.25, -0.2) is 4.68 Å². The number of esters is 1. The molecule has 1 aromatic heterocycles. The number of benzene rings is 1. The molecular formula is C16H19N3O3. The van der Waals surface area contributed by atoms with Crippen LogP contribution in [0, 0.1) is 0 Å². The third-order valence-electron chi connectivity index (χ3n) is 3.28. The number of carbonyl (C=O) groups is 2. The van der Waals surface area contributed by atoms with Crippen molar-refractivity contribution < 1.29 is 14.3 Å². The van der Waals surface area contributed by atoms with Crippen LogP contribution < -0.4 is 0 Å². The molecule has 0 fully saturated rings. The van der Waals surface area contributed by atoms with Gasteiger partial charge in [-0.05, 0) is 24.6 Å². The second kappa shape index (κ2) is 7.40. The van der Waals surface area contributed by atoms with Gasteiger partial charge in [0.2, 0.25) is 0 Å². The van der Waals surface area contributed by atoms with E-state index in [0.717, 1.165) is 5.69 Å². The number of hydrogen-bond donors (Lipinski definition) is 0. The van der Waals surface area contributed by atoms with Crippen molar-refractivity contribution in [3.05, 3.63) is 48.3 Å². The standard InChI is InChI=1S/C16H19N3O3/c1-18(11-6-9-15(20)22-2)16(21)14-10-12-19(17-14)13-7-4-3-5-8-13/h3-5,7-8,10,12H,6,9,11H2,1-2H3. The summed E-state index contributed by atoms with van der Waals surface area (Å²) in [4.78, 5) is 24.9. The highest BCUT2D eigenvalue weighted by molar-refractivity contribution is 5.92. The van der Waals surface area contributed by atoms with Crippen molar-refractivity contribution in [3.63, 3.8) is 0 Å². The molecule has 0 radical (unpaired) electrons. The Bertz CT molecular complexity index is 637. The zero-order valence-electron chi connectivity index (χ0n) is 12.7. The number of hydrogen-bond acceptors (Lipinski definition) is 4. The fourth-order valence-electron chi connectivity index (χ4n) is 2.02. The Morgan fingerprint density at radius 1 is 1.23 bits per heavy atom. The summed E-state index contributed by atoms with van der Waals surface area (Å²) in [5, 5.41) is 4.29. The quantitative estimate of drug-likeness (QED) is 0.764. The third kappa shape index (κ3) is 3.94. The van der Waals surface area contributed by atoms with Crippen molar-refractivity contribution in [3.8, 4) is 5.69 Å². The first kappa shape index (κ1) is 15.8. The number of amides is 1. The largest absolute Gasteiger partial charge is 0.469 e. The molecule has 0 unspecified atom stereocenters. The summed E-state index contributed by atoms with van der Waals surface area (Å²) in [6, 6.07) is 11.3. The number of rotatable bonds is 6. The van der Waals surface area contributed by atoms with Crippen LogP contribution in [0.1, 0.15) is 23.3 Å². The third-order valence-corrected chi connectivity index (χ3v) is 3.28. The molecule has 0 aliphatic rings. The van der Waals surface area contributed by atoms with Crippen molar-refractivity contribution in [1.82, 2.24) is 14.7 Å². The van der Waals surface area contributed by atoms with Crippen molar-refractivity contribution in [2.75, 3.05) is 20.7 Å². The second-order valence-corrected chi connectivity index (χ2v) is 4.89. The Hall–Kier alpha value is -2.63. The fraction of sp³-hybridized carbons (Fsp3) is 0.312. The Kier molecular flexibility index (Phi) is 5.30. The molecule has 6 nitrogen and oxygen atoms in total. The Labute approximate surface area is 129 Å². The van der Waals surface area contributed by atoms with Gasteiger partial charge >= 0.3 is 5.97 Å². The van der Waals surface area contributed by atoms with Crippen LogP contribution in [0.5, 0.6) is 0 Å². The Morgan fingerprint density at radius 3 is 2.64 bits per heavy atom. The summed E-state index contributed by atoms with van der Waals surface area (Å²) in [7, 11) is 3.05. The summed E-state index contributed by atoms with van der Waals surface area (Å²) in [6.45, 7) is 0.478.